The first-order valence-corrected chi connectivity index (χ1v) is 4.21. The highest BCUT2D eigenvalue weighted by atomic mass is 19.4. The molecule has 90 valence electrons. The summed E-state index contributed by atoms with van der Waals surface area (Å²) in [6.45, 7) is 4.53. The minimum Gasteiger partial charge on any atom is -0.475 e. The summed E-state index contributed by atoms with van der Waals surface area (Å²) >= 11 is 0. The first-order valence-electron chi connectivity index (χ1n) is 4.21. The van der Waals surface area contributed by atoms with Crippen LogP contribution in [0.5, 0.6) is 0 Å². The predicted octanol–water partition coefficient (Wildman–Crippen LogP) is 0.214. The van der Waals surface area contributed by atoms with Crippen LogP contribution < -0.4 is 5.73 Å². The Morgan fingerprint density at radius 1 is 1.60 bits per heavy atom. The van der Waals surface area contributed by atoms with E-state index in [2.05, 4.69) is 0 Å². The van der Waals surface area contributed by atoms with Gasteiger partial charge in [0.05, 0.1) is 6.61 Å². The number of aliphatic carboxylic acids is 1. The van der Waals surface area contributed by atoms with Gasteiger partial charge in [-0.15, -0.1) is 0 Å². The van der Waals surface area contributed by atoms with Crippen molar-refractivity contribution in [2.45, 2.75) is 19.1 Å². The molecule has 5 nitrogen and oxygen atoms in total. The third-order valence-corrected chi connectivity index (χ3v) is 1.43. The first kappa shape index (κ1) is 14.1. The van der Waals surface area contributed by atoms with E-state index in [9.17, 15) is 13.2 Å². The highest BCUT2D eigenvalue weighted by Crippen LogP contribution is 2.13. The van der Waals surface area contributed by atoms with Crippen LogP contribution in [0.2, 0.25) is 0 Å². The number of rotatable bonds is 2. The normalized spacial score (nSPS) is 17.7. The van der Waals surface area contributed by atoms with Crippen molar-refractivity contribution in [1.82, 2.24) is 5.06 Å². The molecule has 0 aromatic carbocycles. The van der Waals surface area contributed by atoms with Crippen LogP contribution in [0, 0.1) is 0 Å². The lowest BCUT2D eigenvalue weighted by molar-refractivity contribution is -0.199. The maximum absolute atomic E-state index is 10.6. The van der Waals surface area contributed by atoms with E-state index in [1.165, 1.54) is 0 Å². The molecule has 1 fully saturated rings. The third kappa shape index (κ3) is 6.26. The van der Waals surface area contributed by atoms with Gasteiger partial charge in [0, 0.05) is 19.1 Å². The van der Waals surface area contributed by atoms with E-state index >= 15 is 0 Å². The Morgan fingerprint density at radius 2 is 2.00 bits per heavy atom. The molecule has 1 aliphatic heterocycles. The Morgan fingerprint density at radius 3 is 2.20 bits per heavy atom. The monoisotopic (exact) mass is 230 g/mol. The molecule has 0 bridgehead atoms. The van der Waals surface area contributed by atoms with E-state index in [1.54, 1.807) is 0 Å². The van der Waals surface area contributed by atoms with Crippen LogP contribution in [-0.2, 0) is 9.63 Å². The van der Waals surface area contributed by atoms with Gasteiger partial charge in [0.25, 0.3) is 0 Å². The fraction of sp³-hybridized carbons (Fsp3) is 0.857. The van der Waals surface area contributed by atoms with Gasteiger partial charge in [0.2, 0.25) is 0 Å². The molecule has 0 spiro atoms. The molecule has 0 aromatic heterocycles. The Kier molecular flexibility index (Phi) is 5.55. The minimum atomic E-state index is -5.08. The Balaban J connectivity index is 0.000000265. The molecular formula is C7H13F3N2O3. The van der Waals surface area contributed by atoms with Gasteiger partial charge >= 0.3 is 12.1 Å². The largest absolute Gasteiger partial charge is 0.490 e. The lowest BCUT2D eigenvalue weighted by atomic mass is 10.2. The summed E-state index contributed by atoms with van der Waals surface area (Å²) in [5, 5.41) is 9.00. The predicted molar refractivity (Wildman–Crippen MR) is 44.9 cm³/mol. The van der Waals surface area contributed by atoms with Gasteiger partial charge in [-0.2, -0.15) is 18.2 Å². The molecular weight excluding hydrogens is 217 g/mol. The second-order valence-electron chi connectivity index (χ2n) is 2.83. The molecule has 1 rings (SSSR count). The highest BCUT2D eigenvalue weighted by Gasteiger charge is 2.38. The van der Waals surface area contributed by atoms with Gasteiger partial charge in [-0.05, 0) is 6.92 Å². The molecule has 0 saturated carbocycles. The Labute approximate surface area is 84.5 Å². The average molecular weight is 230 g/mol. The smallest absolute Gasteiger partial charge is 0.475 e. The number of carbonyl (C=O) groups is 1. The molecule has 0 atom stereocenters. The summed E-state index contributed by atoms with van der Waals surface area (Å²) in [4.78, 5) is 14.0. The van der Waals surface area contributed by atoms with Crippen LogP contribution in [0.1, 0.15) is 6.92 Å². The van der Waals surface area contributed by atoms with Crippen LogP contribution in [0.15, 0.2) is 0 Å². The highest BCUT2D eigenvalue weighted by molar-refractivity contribution is 5.73. The van der Waals surface area contributed by atoms with Crippen molar-refractivity contribution in [3.63, 3.8) is 0 Å². The van der Waals surface area contributed by atoms with Gasteiger partial charge in [-0.3, -0.25) is 4.84 Å². The van der Waals surface area contributed by atoms with Crippen molar-refractivity contribution in [2.24, 2.45) is 5.73 Å². The van der Waals surface area contributed by atoms with Gasteiger partial charge in [0.1, 0.15) is 0 Å². The van der Waals surface area contributed by atoms with E-state index in [0.29, 0.717) is 6.04 Å². The molecule has 0 amide bonds. The topological polar surface area (TPSA) is 75.8 Å². The Bertz CT molecular complexity index is 201. The summed E-state index contributed by atoms with van der Waals surface area (Å²) in [6.07, 6.45) is -5.08. The lowest BCUT2D eigenvalue weighted by Gasteiger charge is -2.34. The molecule has 0 aromatic rings. The fourth-order valence-corrected chi connectivity index (χ4v) is 0.758. The summed E-state index contributed by atoms with van der Waals surface area (Å²) in [6, 6.07) is 0.349. The summed E-state index contributed by atoms with van der Waals surface area (Å²) in [7, 11) is 0. The number of carboxylic acid groups (broad SMARTS) is 1. The van der Waals surface area contributed by atoms with Crippen molar-refractivity contribution in [2.75, 3.05) is 19.7 Å². The molecule has 0 unspecified atom stereocenters. The van der Waals surface area contributed by atoms with Gasteiger partial charge in [-0.25, -0.2) is 4.79 Å². The van der Waals surface area contributed by atoms with Crippen LogP contribution in [0.4, 0.5) is 13.2 Å². The molecule has 15 heavy (non-hydrogen) atoms. The third-order valence-electron chi connectivity index (χ3n) is 1.43. The number of hydrogen-bond acceptors (Lipinski definition) is 4. The van der Waals surface area contributed by atoms with E-state index in [4.69, 9.17) is 20.5 Å². The summed E-state index contributed by atoms with van der Waals surface area (Å²) in [5.41, 5.74) is 5.48. The number of alkyl halides is 3. The number of nitrogens with two attached hydrogens (primary N) is 1. The number of halogens is 3. The van der Waals surface area contributed by atoms with Crippen molar-refractivity contribution < 1.29 is 27.9 Å². The number of carboxylic acids is 1. The SMILES string of the molecule is CCON1CC(N)C1.O=C(O)C(F)(F)F. The molecule has 0 aliphatic carbocycles. The van der Waals surface area contributed by atoms with Crippen molar-refractivity contribution in [1.29, 1.82) is 0 Å². The van der Waals surface area contributed by atoms with Crippen molar-refractivity contribution in [3.05, 3.63) is 0 Å². The summed E-state index contributed by atoms with van der Waals surface area (Å²) < 4.78 is 31.7. The van der Waals surface area contributed by atoms with Gasteiger partial charge in [-0.1, -0.05) is 0 Å². The summed E-state index contributed by atoms with van der Waals surface area (Å²) in [5.74, 6) is -2.76. The van der Waals surface area contributed by atoms with Crippen LogP contribution >= 0.6 is 0 Å². The van der Waals surface area contributed by atoms with Crippen molar-refractivity contribution in [3.8, 4) is 0 Å². The van der Waals surface area contributed by atoms with E-state index in [0.717, 1.165) is 19.7 Å². The quantitative estimate of drug-likeness (QED) is 0.709. The second-order valence-corrected chi connectivity index (χ2v) is 2.83. The maximum Gasteiger partial charge on any atom is 0.490 e. The second kappa shape index (κ2) is 5.89. The zero-order valence-electron chi connectivity index (χ0n) is 8.12. The Hall–Kier alpha value is -0.860. The van der Waals surface area contributed by atoms with Crippen LogP contribution in [0.25, 0.3) is 0 Å². The molecule has 1 aliphatic rings. The molecule has 8 heteroatoms. The number of hydrogen-bond donors (Lipinski definition) is 2. The van der Waals surface area contributed by atoms with Crippen LogP contribution in [-0.4, -0.2) is 48.1 Å². The first-order chi connectivity index (χ1) is 6.77. The standard InChI is InChI=1S/C5H12N2O.C2HF3O2/c1-2-8-7-3-5(6)4-7;3-2(4,5)1(6)7/h5H,2-4,6H2,1H3;(H,6,7). The maximum atomic E-state index is 10.6. The molecule has 0 radical (unpaired) electrons. The lowest BCUT2D eigenvalue weighted by Crippen LogP contribution is -2.55. The van der Waals surface area contributed by atoms with E-state index in [-0.39, 0.29) is 0 Å². The molecule has 1 saturated heterocycles. The number of nitrogens with zero attached hydrogens (tertiary/aromatic N) is 1. The number of hydroxylamine groups is 2. The molecule has 1 heterocycles. The van der Waals surface area contributed by atoms with Gasteiger partial charge in [0.15, 0.2) is 0 Å². The van der Waals surface area contributed by atoms with E-state index in [1.807, 2.05) is 12.0 Å². The average Bonchev–Trinajstić information content (AvgIpc) is 2.01. The van der Waals surface area contributed by atoms with Crippen molar-refractivity contribution >= 4 is 5.97 Å². The zero-order valence-corrected chi connectivity index (χ0v) is 8.12. The van der Waals surface area contributed by atoms with E-state index < -0.39 is 12.1 Å². The zero-order chi connectivity index (χ0) is 12.1. The minimum absolute atomic E-state index is 0.349. The van der Waals surface area contributed by atoms with Crippen LogP contribution in [0.3, 0.4) is 0 Å². The molecule has 3 N–H and O–H groups in total. The van der Waals surface area contributed by atoms with Gasteiger partial charge < -0.3 is 10.8 Å². The fourth-order valence-electron chi connectivity index (χ4n) is 0.758.